The third-order valence-electron chi connectivity index (χ3n) is 2.86. The van der Waals surface area contributed by atoms with Crippen molar-refractivity contribution in [1.29, 1.82) is 0 Å². The van der Waals surface area contributed by atoms with Gasteiger partial charge in [-0.1, -0.05) is 17.7 Å². The van der Waals surface area contributed by atoms with Crippen LogP contribution in [0, 0.1) is 5.82 Å². The van der Waals surface area contributed by atoms with Gasteiger partial charge < -0.3 is 10.6 Å². The first-order valence-corrected chi connectivity index (χ1v) is 8.09. The summed E-state index contributed by atoms with van der Waals surface area (Å²) >= 11 is 7.43. The Morgan fingerprint density at radius 2 is 2.09 bits per heavy atom. The fourth-order valence-electron chi connectivity index (χ4n) is 1.78. The van der Waals surface area contributed by atoms with Gasteiger partial charge in [0.05, 0.1) is 17.3 Å². The molecule has 0 radical (unpaired) electrons. The second kappa shape index (κ2) is 8.50. The molecule has 0 unspecified atom stereocenters. The molecule has 2 rings (SSSR count). The van der Waals surface area contributed by atoms with Crippen LogP contribution in [-0.2, 0) is 11.2 Å². The number of imide groups is 1. The molecule has 1 aromatic heterocycles. The Labute approximate surface area is 141 Å². The summed E-state index contributed by atoms with van der Waals surface area (Å²) in [5, 5.41) is 9.66. The zero-order chi connectivity index (χ0) is 16.7. The van der Waals surface area contributed by atoms with Gasteiger partial charge in [0, 0.05) is 11.4 Å². The average Bonchev–Trinajstić information content (AvgIpc) is 2.99. The summed E-state index contributed by atoms with van der Waals surface area (Å²) in [6.45, 7) is 0.292. The summed E-state index contributed by atoms with van der Waals surface area (Å²) < 4.78 is 12.9. The number of rotatable bonds is 6. The van der Waals surface area contributed by atoms with Crippen LogP contribution in [0.15, 0.2) is 35.7 Å². The van der Waals surface area contributed by atoms with Crippen LogP contribution >= 0.6 is 22.9 Å². The van der Waals surface area contributed by atoms with E-state index in [2.05, 4.69) is 16.0 Å². The number of hydrogen-bond donors (Lipinski definition) is 3. The lowest BCUT2D eigenvalue weighted by molar-refractivity contribution is -0.118. The van der Waals surface area contributed by atoms with Gasteiger partial charge in [-0.25, -0.2) is 9.18 Å². The van der Waals surface area contributed by atoms with Gasteiger partial charge in [-0.2, -0.15) is 0 Å². The minimum absolute atomic E-state index is 0.149. The molecule has 1 aromatic carbocycles. The zero-order valence-corrected chi connectivity index (χ0v) is 13.6. The number of nitrogens with one attached hydrogen (secondary N) is 3. The molecule has 0 atom stereocenters. The van der Waals surface area contributed by atoms with Gasteiger partial charge in [0.15, 0.2) is 0 Å². The lowest BCUT2D eigenvalue weighted by Gasteiger charge is -2.09. The number of urea groups is 1. The SMILES string of the molecule is O=C(CNc1ccc(F)cc1Cl)NC(=O)NCCc1cccs1. The third-order valence-corrected chi connectivity index (χ3v) is 4.11. The topological polar surface area (TPSA) is 70.2 Å². The molecule has 23 heavy (non-hydrogen) atoms. The van der Waals surface area contributed by atoms with Crippen molar-refractivity contribution in [2.24, 2.45) is 0 Å². The molecule has 1 heterocycles. The van der Waals surface area contributed by atoms with E-state index >= 15 is 0 Å². The van der Waals surface area contributed by atoms with E-state index in [1.165, 1.54) is 12.1 Å². The first-order valence-electron chi connectivity index (χ1n) is 6.83. The fourth-order valence-corrected chi connectivity index (χ4v) is 2.72. The molecular formula is C15H15ClFN3O2S. The lowest BCUT2D eigenvalue weighted by atomic mass is 10.3. The molecule has 0 fully saturated rings. The smallest absolute Gasteiger partial charge is 0.321 e. The van der Waals surface area contributed by atoms with Gasteiger partial charge in [-0.3, -0.25) is 10.1 Å². The summed E-state index contributed by atoms with van der Waals surface area (Å²) in [7, 11) is 0. The Hall–Kier alpha value is -2.12. The maximum atomic E-state index is 12.9. The summed E-state index contributed by atoms with van der Waals surface area (Å²) in [4.78, 5) is 24.4. The van der Waals surface area contributed by atoms with E-state index in [0.717, 1.165) is 10.9 Å². The van der Waals surface area contributed by atoms with E-state index in [9.17, 15) is 14.0 Å². The van der Waals surface area contributed by atoms with Crippen molar-refractivity contribution in [2.75, 3.05) is 18.4 Å². The van der Waals surface area contributed by atoms with E-state index in [1.54, 1.807) is 11.3 Å². The van der Waals surface area contributed by atoms with Crippen LogP contribution in [0.3, 0.4) is 0 Å². The summed E-state index contributed by atoms with van der Waals surface area (Å²) in [6.07, 6.45) is 0.711. The van der Waals surface area contributed by atoms with Crippen molar-refractivity contribution in [3.8, 4) is 0 Å². The van der Waals surface area contributed by atoms with Gasteiger partial charge >= 0.3 is 6.03 Å². The highest BCUT2D eigenvalue weighted by Crippen LogP contribution is 2.21. The van der Waals surface area contributed by atoms with Crippen molar-refractivity contribution >= 4 is 40.6 Å². The van der Waals surface area contributed by atoms with Gasteiger partial charge in [-0.05, 0) is 36.1 Å². The molecule has 3 N–H and O–H groups in total. The third kappa shape index (κ3) is 5.88. The quantitative estimate of drug-likeness (QED) is 0.746. The molecule has 0 saturated heterocycles. The van der Waals surface area contributed by atoms with Crippen LogP contribution in [0.5, 0.6) is 0 Å². The van der Waals surface area contributed by atoms with Crippen LogP contribution < -0.4 is 16.0 Å². The van der Waals surface area contributed by atoms with Crippen molar-refractivity contribution in [3.63, 3.8) is 0 Å². The molecule has 0 bridgehead atoms. The molecule has 0 aliphatic rings. The van der Waals surface area contributed by atoms with Crippen molar-refractivity contribution < 1.29 is 14.0 Å². The maximum Gasteiger partial charge on any atom is 0.321 e. The number of amides is 3. The van der Waals surface area contributed by atoms with E-state index in [0.29, 0.717) is 18.7 Å². The Morgan fingerprint density at radius 1 is 1.26 bits per heavy atom. The molecule has 8 heteroatoms. The Kier molecular flexibility index (Phi) is 6.37. The van der Waals surface area contributed by atoms with Crippen molar-refractivity contribution in [3.05, 3.63) is 51.4 Å². The predicted molar refractivity (Wildman–Crippen MR) is 89.5 cm³/mol. The molecule has 122 valence electrons. The molecule has 0 aliphatic heterocycles. The molecule has 0 spiro atoms. The van der Waals surface area contributed by atoms with Crippen molar-refractivity contribution in [2.45, 2.75) is 6.42 Å². The molecule has 0 aliphatic carbocycles. The number of carbonyl (C=O) groups is 2. The van der Waals surface area contributed by atoms with E-state index in [4.69, 9.17) is 11.6 Å². The predicted octanol–water partition coefficient (Wildman–Crippen LogP) is 3.02. The minimum Gasteiger partial charge on any atom is -0.375 e. The Morgan fingerprint density at radius 3 is 2.78 bits per heavy atom. The van der Waals surface area contributed by atoms with Gasteiger partial charge in [0.1, 0.15) is 5.82 Å². The zero-order valence-electron chi connectivity index (χ0n) is 12.1. The van der Waals surface area contributed by atoms with Gasteiger partial charge in [-0.15, -0.1) is 11.3 Å². The Bertz CT molecular complexity index is 679. The standard InChI is InChI=1S/C15H15ClFN3O2S/c16-12-8-10(17)3-4-13(12)19-9-14(21)20-15(22)18-6-5-11-2-1-7-23-11/h1-4,7-8,19H,5-6,9H2,(H2,18,20,21,22). The van der Waals surface area contributed by atoms with Crippen LogP contribution in [0.2, 0.25) is 5.02 Å². The van der Waals surface area contributed by atoms with E-state index in [-0.39, 0.29) is 11.6 Å². The molecular weight excluding hydrogens is 341 g/mol. The highest BCUT2D eigenvalue weighted by molar-refractivity contribution is 7.09. The first-order chi connectivity index (χ1) is 11.0. The first kappa shape index (κ1) is 17.2. The summed E-state index contributed by atoms with van der Waals surface area (Å²) in [6, 6.07) is 7.15. The maximum absolute atomic E-state index is 12.9. The molecule has 3 amide bonds. The van der Waals surface area contributed by atoms with E-state index < -0.39 is 17.8 Å². The highest BCUT2D eigenvalue weighted by atomic mass is 35.5. The second-order valence-electron chi connectivity index (χ2n) is 4.61. The highest BCUT2D eigenvalue weighted by Gasteiger charge is 2.08. The number of anilines is 1. The minimum atomic E-state index is -0.557. The molecule has 5 nitrogen and oxygen atoms in total. The largest absolute Gasteiger partial charge is 0.375 e. The number of halogens is 2. The fraction of sp³-hybridized carbons (Fsp3) is 0.200. The molecule has 2 aromatic rings. The number of benzene rings is 1. The molecule has 0 saturated carbocycles. The lowest BCUT2D eigenvalue weighted by Crippen LogP contribution is -2.42. The van der Waals surface area contributed by atoms with Crippen molar-refractivity contribution in [1.82, 2.24) is 10.6 Å². The van der Waals surface area contributed by atoms with Crippen LogP contribution in [0.25, 0.3) is 0 Å². The van der Waals surface area contributed by atoms with Crippen LogP contribution in [-0.4, -0.2) is 25.0 Å². The van der Waals surface area contributed by atoms with Crippen LogP contribution in [0.4, 0.5) is 14.9 Å². The Balaban J connectivity index is 1.68. The van der Waals surface area contributed by atoms with Gasteiger partial charge in [0.25, 0.3) is 0 Å². The summed E-state index contributed by atoms with van der Waals surface area (Å²) in [5.41, 5.74) is 0.418. The summed E-state index contributed by atoms with van der Waals surface area (Å²) in [5.74, 6) is -0.978. The number of carbonyl (C=O) groups excluding carboxylic acids is 2. The van der Waals surface area contributed by atoms with Crippen LogP contribution in [0.1, 0.15) is 4.88 Å². The number of thiophene rings is 1. The normalized spacial score (nSPS) is 10.2. The van der Waals surface area contributed by atoms with E-state index in [1.807, 2.05) is 17.5 Å². The van der Waals surface area contributed by atoms with Gasteiger partial charge in [0.2, 0.25) is 5.91 Å². The monoisotopic (exact) mass is 355 g/mol. The average molecular weight is 356 g/mol. The number of hydrogen-bond acceptors (Lipinski definition) is 4. The second-order valence-corrected chi connectivity index (χ2v) is 6.05.